The first kappa shape index (κ1) is 14.2. The van der Waals surface area contributed by atoms with Gasteiger partial charge in [0, 0.05) is 15.3 Å². The summed E-state index contributed by atoms with van der Waals surface area (Å²) in [7, 11) is 0. The van der Waals surface area contributed by atoms with Crippen LogP contribution in [0.15, 0.2) is 18.2 Å². The van der Waals surface area contributed by atoms with Gasteiger partial charge >= 0.3 is 0 Å². The highest BCUT2D eigenvalue weighted by Gasteiger charge is 2.20. The van der Waals surface area contributed by atoms with Crippen LogP contribution >= 0.6 is 22.6 Å². The first-order valence-electron chi connectivity index (χ1n) is 7.22. The van der Waals surface area contributed by atoms with E-state index in [4.69, 9.17) is 0 Å². The van der Waals surface area contributed by atoms with Crippen LogP contribution in [0.25, 0.3) is 0 Å². The van der Waals surface area contributed by atoms with Gasteiger partial charge in [0.25, 0.3) is 0 Å². The minimum absolute atomic E-state index is 0.690. The number of nitrogens with one attached hydrogen (secondary N) is 1. The predicted molar refractivity (Wildman–Crippen MR) is 88.2 cm³/mol. The highest BCUT2D eigenvalue weighted by molar-refractivity contribution is 14.1. The smallest absolute Gasteiger partial charge is 0.0382 e. The zero-order valence-corrected chi connectivity index (χ0v) is 13.7. The van der Waals surface area contributed by atoms with Gasteiger partial charge < -0.3 is 5.32 Å². The van der Waals surface area contributed by atoms with Crippen molar-refractivity contribution >= 4 is 28.3 Å². The molecule has 1 fully saturated rings. The number of benzene rings is 1. The van der Waals surface area contributed by atoms with Crippen LogP contribution in [0.1, 0.15) is 51.0 Å². The van der Waals surface area contributed by atoms with E-state index in [1.165, 1.54) is 53.3 Å². The molecule has 1 aliphatic carbocycles. The molecule has 0 unspecified atom stereocenters. The van der Waals surface area contributed by atoms with Crippen molar-refractivity contribution < 1.29 is 0 Å². The fourth-order valence-electron chi connectivity index (χ4n) is 2.99. The SMILES string of the molecule is CCCC1CCC(Nc2cccc(I)c2C)CC1. The molecule has 2 heteroatoms. The van der Waals surface area contributed by atoms with Gasteiger partial charge in [0.05, 0.1) is 0 Å². The number of hydrogen-bond donors (Lipinski definition) is 1. The summed E-state index contributed by atoms with van der Waals surface area (Å²) in [5.74, 6) is 0.991. The van der Waals surface area contributed by atoms with E-state index in [1.54, 1.807) is 0 Å². The van der Waals surface area contributed by atoms with Crippen LogP contribution in [0.2, 0.25) is 0 Å². The summed E-state index contributed by atoms with van der Waals surface area (Å²) in [6.45, 7) is 4.52. The molecule has 1 aliphatic rings. The molecule has 18 heavy (non-hydrogen) atoms. The third kappa shape index (κ3) is 3.62. The summed E-state index contributed by atoms with van der Waals surface area (Å²) in [5, 5.41) is 3.75. The number of halogens is 1. The molecule has 1 aromatic carbocycles. The standard InChI is InChI=1S/C16H24IN/c1-3-5-13-8-10-14(11-9-13)18-16-7-4-6-15(17)12(16)2/h4,6-7,13-14,18H,3,5,8-11H2,1-2H3. The summed E-state index contributed by atoms with van der Waals surface area (Å²) in [6, 6.07) is 7.24. The molecule has 0 heterocycles. The van der Waals surface area contributed by atoms with Crippen LogP contribution in [0.4, 0.5) is 5.69 Å². The Morgan fingerprint density at radius 3 is 2.61 bits per heavy atom. The van der Waals surface area contributed by atoms with E-state index in [9.17, 15) is 0 Å². The second-order valence-corrected chi connectivity index (χ2v) is 6.73. The fourth-order valence-corrected chi connectivity index (χ4v) is 3.49. The van der Waals surface area contributed by atoms with Crippen LogP contribution in [0.5, 0.6) is 0 Å². The summed E-state index contributed by atoms with van der Waals surface area (Å²) < 4.78 is 1.36. The van der Waals surface area contributed by atoms with Crippen molar-refractivity contribution in [3.63, 3.8) is 0 Å². The van der Waals surface area contributed by atoms with Crippen LogP contribution in [0, 0.1) is 16.4 Å². The highest BCUT2D eigenvalue weighted by Crippen LogP contribution is 2.30. The molecule has 0 atom stereocenters. The number of hydrogen-bond acceptors (Lipinski definition) is 1. The van der Waals surface area contributed by atoms with Crippen LogP contribution in [0.3, 0.4) is 0 Å². The molecule has 0 bridgehead atoms. The molecule has 0 aromatic heterocycles. The monoisotopic (exact) mass is 357 g/mol. The van der Waals surface area contributed by atoms with Crippen molar-refractivity contribution in [3.8, 4) is 0 Å². The van der Waals surface area contributed by atoms with Gasteiger partial charge in [-0.15, -0.1) is 0 Å². The van der Waals surface area contributed by atoms with Crippen molar-refractivity contribution in [1.82, 2.24) is 0 Å². The lowest BCUT2D eigenvalue weighted by atomic mass is 9.83. The highest BCUT2D eigenvalue weighted by atomic mass is 127. The van der Waals surface area contributed by atoms with E-state index in [0.717, 1.165) is 5.92 Å². The molecule has 0 radical (unpaired) electrons. The minimum atomic E-state index is 0.690. The van der Waals surface area contributed by atoms with Crippen LogP contribution < -0.4 is 5.32 Å². The molecule has 1 saturated carbocycles. The van der Waals surface area contributed by atoms with Crippen LogP contribution in [-0.4, -0.2) is 6.04 Å². The van der Waals surface area contributed by atoms with Gasteiger partial charge in [-0.1, -0.05) is 25.8 Å². The predicted octanol–water partition coefficient (Wildman–Crippen LogP) is 5.37. The molecule has 1 N–H and O–H groups in total. The molecule has 100 valence electrons. The Balaban J connectivity index is 1.90. The molecule has 1 nitrogen and oxygen atoms in total. The Morgan fingerprint density at radius 2 is 1.94 bits per heavy atom. The van der Waals surface area contributed by atoms with Gasteiger partial charge in [-0.2, -0.15) is 0 Å². The lowest BCUT2D eigenvalue weighted by molar-refractivity contribution is 0.319. The Kier molecular flexibility index (Phi) is 5.34. The van der Waals surface area contributed by atoms with Crippen molar-refractivity contribution in [2.45, 2.75) is 58.4 Å². The van der Waals surface area contributed by atoms with Crippen molar-refractivity contribution in [2.75, 3.05) is 5.32 Å². The molecule has 0 aliphatic heterocycles. The summed E-state index contributed by atoms with van der Waals surface area (Å²) >= 11 is 2.42. The average molecular weight is 357 g/mol. The molecule has 0 saturated heterocycles. The van der Waals surface area contributed by atoms with E-state index in [-0.39, 0.29) is 0 Å². The Hall–Kier alpha value is -0.250. The second-order valence-electron chi connectivity index (χ2n) is 5.56. The van der Waals surface area contributed by atoms with Crippen LogP contribution in [-0.2, 0) is 0 Å². The van der Waals surface area contributed by atoms with E-state index >= 15 is 0 Å². The van der Waals surface area contributed by atoms with Gasteiger partial charge in [-0.3, -0.25) is 0 Å². The topological polar surface area (TPSA) is 12.0 Å². The molecule has 0 spiro atoms. The van der Waals surface area contributed by atoms with E-state index in [2.05, 4.69) is 60.0 Å². The Morgan fingerprint density at radius 1 is 1.22 bits per heavy atom. The molecule has 2 rings (SSSR count). The van der Waals surface area contributed by atoms with Gasteiger partial charge in [-0.05, 0) is 78.8 Å². The largest absolute Gasteiger partial charge is 0.382 e. The van der Waals surface area contributed by atoms with Crippen molar-refractivity contribution in [1.29, 1.82) is 0 Å². The quantitative estimate of drug-likeness (QED) is 0.715. The fraction of sp³-hybridized carbons (Fsp3) is 0.625. The average Bonchev–Trinajstić information content (AvgIpc) is 2.38. The third-order valence-corrected chi connectivity index (χ3v) is 5.34. The third-order valence-electron chi connectivity index (χ3n) is 4.17. The Labute approximate surface area is 125 Å². The zero-order valence-electron chi connectivity index (χ0n) is 11.5. The zero-order chi connectivity index (χ0) is 13.0. The second kappa shape index (κ2) is 6.78. The maximum absolute atomic E-state index is 3.75. The molecule has 0 amide bonds. The van der Waals surface area contributed by atoms with Gasteiger partial charge in [0.1, 0.15) is 0 Å². The maximum atomic E-state index is 3.75. The van der Waals surface area contributed by atoms with E-state index in [0.29, 0.717) is 6.04 Å². The first-order valence-corrected chi connectivity index (χ1v) is 8.30. The van der Waals surface area contributed by atoms with Crippen molar-refractivity contribution in [3.05, 3.63) is 27.3 Å². The Bertz CT molecular complexity index is 381. The first-order chi connectivity index (χ1) is 8.70. The summed E-state index contributed by atoms with van der Waals surface area (Å²) in [6.07, 6.45) is 8.28. The van der Waals surface area contributed by atoms with Gasteiger partial charge in [0.2, 0.25) is 0 Å². The number of anilines is 1. The van der Waals surface area contributed by atoms with Gasteiger partial charge in [-0.25, -0.2) is 0 Å². The minimum Gasteiger partial charge on any atom is -0.382 e. The molecule has 1 aromatic rings. The molecular formula is C16H24IN. The summed E-state index contributed by atoms with van der Waals surface area (Å²) in [5.41, 5.74) is 2.73. The normalized spacial score (nSPS) is 23.9. The lowest BCUT2D eigenvalue weighted by Crippen LogP contribution is -2.26. The van der Waals surface area contributed by atoms with Crippen molar-refractivity contribution in [2.24, 2.45) is 5.92 Å². The molecular weight excluding hydrogens is 333 g/mol. The van der Waals surface area contributed by atoms with E-state index < -0.39 is 0 Å². The lowest BCUT2D eigenvalue weighted by Gasteiger charge is -2.30. The number of rotatable bonds is 4. The van der Waals surface area contributed by atoms with E-state index in [1.807, 2.05) is 0 Å². The summed E-state index contributed by atoms with van der Waals surface area (Å²) in [4.78, 5) is 0. The van der Waals surface area contributed by atoms with Gasteiger partial charge in [0.15, 0.2) is 0 Å². The maximum Gasteiger partial charge on any atom is 0.0382 e.